The number of benzene rings is 2. The highest BCUT2D eigenvalue weighted by molar-refractivity contribution is 5.47. The summed E-state index contributed by atoms with van der Waals surface area (Å²) in [5.41, 5.74) is 8.29. The normalized spacial score (nSPS) is 23.0. The van der Waals surface area contributed by atoms with E-state index in [1.54, 1.807) is 0 Å². The first-order chi connectivity index (χ1) is 14.7. The number of H-pyrrole nitrogens is 2. The van der Waals surface area contributed by atoms with Crippen molar-refractivity contribution >= 4 is 0 Å². The lowest BCUT2D eigenvalue weighted by Gasteiger charge is -2.53. The molecule has 2 heterocycles. The fourth-order valence-electron chi connectivity index (χ4n) is 5.23. The number of aromatic nitrogens is 2. The van der Waals surface area contributed by atoms with Gasteiger partial charge in [0, 0.05) is 24.3 Å². The molecule has 148 valence electrons. The van der Waals surface area contributed by atoms with Crippen molar-refractivity contribution in [1.29, 1.82) is 0 Å². The van der Waals surface area contributed by atoms with Gasteiger partial charge in [-0.05, 0) is 59.8 Å². The van der Waals surface area contributed by atoms with Crippen LogP contribution in [0, 0.1) is 13.8 Å². The first-order valence-corrected chi connectivity index (χ1v) is 10.8. The smallest absolute Gasteiger partial charge is 0.167 e. The Kier molecular flexibility index (Phi) is 4.92. The Labute approximate surface area is 178 Å². The van der Waals surface area contributed by atoms with Crippen LogP contribution in [-0.2, 0) is 0 Å². The molecule has 0 spiro atoms. The van der Waals surface area contributed by atoms with Gasteiger partial charge in [-0.15, -0.1) is 0 Å². The van der Waals surface area contributed by atoms with Gasteiger partial charge in [-0.3, -0.25) is 0 Å². The van der Waals surface area contributed by atoms with Crippen LogP contribution in [0.4, 0.5) is 0 Å². The highest BCUT2D eigenvalue weighted by Crippen LogP contribution is 2.66. The van der Waals surface area contributed by atoms with Crippen molar-refractivity contribution in [2.75, 3.05) is 0 Å². The molecule has 2 aromatic carbocycles. The number of nitrogens with one attached hydrogen (secondary N) is 2. The molecule has 1 aliphatic carbocycles. The molecule has 0 atom stereocenters. The van der Waals surface area contributed by atoms with Gasteiger partial charge in [0.2, 0.25) is 0 Å². The Morgan fingerprint density at radius 2 is 0.667 bits per heavy atom. The molecule has 4 aromatic rings. The van der Waals surface area contributed by atoms with Crippen LogP contribution in [0.15, 0.2) is 97.6 Å². The second-order valence-corrected chi connectivity index (χ2v) is 8.59. The van der Waals surface area contributed by atoms with E-state index in [-0.39, 0.29) is 0 Å². The van der Waals surface area contributed by atoms with Crippen molar-refractivity contribution in [3.8, 4) is 0 Å². The molecule has 2 nitrogen and oxygen atoms in total. The molecule has 0 radical (unpaired) electrons. The summed E-state index contributed by atoms with van der Waals surface area (Å²) in [4.78, 5) is 6.40. The van der Waals surface area contributed by atoms with Crippen molar-refractivity contribution in [2.24, 2.45) is 0 Å². The third kappa shape index (κ3) is 3.33. The van der Waals surface area contributed by atoms with E-state index in [0.29, 0.717) is 23.7 Å². The standard InChI is InChI=1S/C28H26N2/c1-19-3-7-21(8-4-19)25-27(23-11-15-29-16-12-23)26(22-9-5-20(2)6-10-22)28(25)24-13-17-30-18-14-24/h3-18,25-28H,1-2H3/p+2. The van der Waals surface area contributed by atoms with Crippen molar-refractivity contribution in [1.82, 2.24) is 0 Å². The van der Waals surface area contributed by atoms with Crippen LogP contribution < -0.4 is 9.97 Å². The van der Waals surface area contributed by atoms with Crippen LogP contribution in [0.1, 0.15) is 57.1 Å². The largest absolute Gasteiger partial charge is 0.218 e. The molecule has 2 N–H and O–H groups in total. The number of aromatic amines is 2. The summed E-state index contributed by atoms with van der Waals surface area (Å²) in [6.45, 7) is 4.32. The summed E-state index contributed by atoms with van der Waals surface area (Å²) in [6, 6.07) is 27.3. The maximum absolute atomic E-state index is 3.20. The van der Waals surface area contributed by atoms with Crippen LogP contribution >= 0.6 is 0 Å². The summed E-state index contributed by atoms with van der Waals surface area (Å²) >= 11 is 0. The lowest BCUT2D eigenvalue weighted by molar-refractivity contribution is -0.378. The van der Waals surface area contributed by atoms with E-state index in [2.05, 4.69) is 121 Å². The highest BCUT2D eigenvalue weighted by atomic mass is 14.6. The van der Waals surface area contributed by atoms with Crippen LogP contribution in [0.3, 0.4) is 0 Å². The Bertz CT molecular complexity index is 1000. The molecule has 1 saturated carbocycles. The van der Waals surface area contributed by atoms with Crippen LogP contribution in [0.2, 0.25) is 0 Å². The maximum atomic E-state index is 3.20. The lowest BCUT2D eigenvalue weighted by Crippen LogP contribution is -2.40. The summed E-state index contributed by atoms with van der Waals surface area (Å²) in [5.74, 6) is 1.78. The zero-order valence-corrected chi connectivity index (χ0v) is 17.5. The van der Waals surface area contributed by atoms with E-state index >= 15 is 0 Å². The van der Waals surface area contributed by atoms with E-state index < -0.39 is 0 Å². The van der Waals surface area contributed by atoms with Gasteiger partial charge in [0.05, 0.1) is 0 Å². The summed E-state index contributed by atoms with van der Waals surface area (Å²) in [5, 5.41) is 0. The van der Waals surface area contributed by atoms with Gasteiger partial charge in [-0.25, -0.2) is 9.97 Å². The summed E-state index contributed by atoms with van der Waals surface area (Å²) < 4.78 is 0. The average Bonchev–Trinajstić information content (AvgIpc) is 2.77. The quantitative estimate of drug-likeness (QED) is 0.446. The molecular weight excluding hydrogens is 364 g/mol. The topological polar surface area (TPSA) is 28.3 Å². The number of aryl methyl sites for hydroxylation is 2. The minimum absolute atomic E-state index is 0.444. The molecule has 0 amide bonds. The number of rotatable bonds is 4. The number of hydrogen-bond donors (Lipinski definition) is 0. The van der Waals surface area contributed by atoms with Gasteiger partial charge in [0.15, 0.2) is 24.8 Å². The number of pyridine rings is 2. The third-order valence-corrected chi connectivity index (χ3v) is 6.73. The molecule has 30 heavy (non-hydrogen) atoms. The molecule has 2 heteroatoms. The fraction of sp³-hybridized carbons (Fsp3) is 0.214. The lowest BCUT2D eigenvalue weighted by atomic mass is 9.49. The molecule has 0 saturated heterocycles. The highest BCUT2D eigenvalue weighted by Gasteiger charge is 2.52. The maximum Gasteiger partial charge on any atom is 0.167 e. The second-order valence-electron chi connectivity index (χ2n) is 8.59. The Balaban J connectivity index is 1.67. The predicted molar refractivity (Wildman–Crippen MR) is 119 cm³/mol. The van der Waals surface area contributed by atoms with E-state index in [9.17, 15) is 0 Å². The Hall–Kier alpha value is -3.26. The van der Waals surface area contributed by atoms with Gasteiger partial charge in [-0.2, -0.15) is 0 Å². The second kappa shape index (κ2) is 7.87. The van der Waals surface area contributed by atoms with E-state index in [4.69, 9.17) is 0 Å². The molecule has 1 fully saturated rings. The van der Waals surface area contributed by atoms with Crippen LogP contribution in [0.5, 0.6) is 0 Å². The third-order valence-electron chi connectivity index (χ3n) is 6.73. The van der Waals surface area contributed by atoms with Crippen molar-refractivity contribution < 1.29 is 9.97 Å². The molecule has 0 unspecified atom stereocenters. The predicted octanol–water partition coefficient (Wildman–Crippen LogP) is 5.38. The zero-order valence-electron chi connectivity index (χ0n) is 17.5. The van der Waals surface area contributed by atoms with E-state index in [0.717, 1.165) is 0 Å². The fourth-order valence-corrected chi connectivity index (χ4v) is 5.23. The van der Waals surface area contributed by atoms with E-state index in [1.807, 2.05) is 0 Å². The zero-order chi connectivity index (χ0) is 20.5. The first kappa shape index (κ1) is 18.7. The van der Waals surface area contributed by atoms with Crippen molar-refractivity contribution in [2.45, 2.75) is 37.5 Å². The number of hydrogen-bond acceptors (Lipinski definition) is 0. The van der Waals surface area contributed by atoms with Crippen LogP contribution in [-0.4, -0.2) is 0 Å². The van der Waals surface area contributed by atoms with Gasteiger partial charge < -0.3 is 0 Å². The molecule has 5 rings (SSSR count). The average molecular weight is 393 g/mol. The summed E-state index contributed by atoms with van der Waals surface area (Å²) in [7, 11) is 0. The SMILES string of the molecule is Cc1ccc(C2C(c3cc[nH+]cc3)C(c3ccc(C)cc3)C2c2cc[nH+]cc2)cc1. The van der Waals surface area contributed by atoms with Gasteiger partial charge in [0.1, 0.15) is 0 Å². The molecule has 0 aliphatic heterocycles. The van der Waals surface area contributed by atoms with Gasteiger partial charge in [-0.1, -0.05) is 59.7 Å². The van der Waals surface area contributed by atoms with E-state index in [1.165, 1.54) is 33.4 Å². The molecule has 2 aromatic heterocycles. The van der Waals surface area contributed by atoms with Crippen molar-refractivity contribution in [3.63, 3.8) is 0 Å². The van der Waals surface area contributed by atoms with Gasteiger partial charge >= 0.3 is 0 Å². The molecule has 0 bridgehead atoms. The minimum atomic E-state index is 0.444. The molecular formula is C28H28N2+2. The van der Waals surface area contributed by atoms with Crippen LogP contribution in [0.25, 0.3) is 0 Å². The monoisotopic (exact) mass is 392 g/mol. The Morgan fingerprint density at radius 3 is 0.967 bits per heavy atom. The molecule has 1 aliphatic rings. The first-order valence-electron chi connectivity index (χ1n) is 10.8. The summed E-state index contributed by atoms with van der Waals surface area (Å²) in [6.07, 6.45) is 8.22. The minimum Gasteiger partial charge on any atom is -0.218 e. The Morgan fingerprint density at radius 1 is 0.400 bits per heavy atom. The van der Waals surface area contributed by atoms with Gasteiger partial charge in [0.25, 0.3) is 0 Å². The van der Waals surface area contributed by atoms with Crippen molar-refractivity contribution in [3.05, 3.63) is 131 Å².